The molecule has 0 atom stereocenters. The van der Waals surface area contributed by atoms with Gasteiger partial charge in [-0.3, -0.25) is 0 Å². The molecule has 3 rings (SSSR count). The molecule has 1 aromatic heterocycles. The van der Waals surface area contributed by atoms with E-state index in [2.05, 4.69) is 9.97 Å². The monoisotopic (exact) mass is 237 g/mol. The van der Waals surface area contributed by atoms with Gasteiger partial charge in [0.05, 0.1) is 0 Å². The first-order chi connectivity index (χ1) is 8.83. The van der Waals surface area contributed by atoms with Gasteiger partial charge in [0.1, 0.15) is 5.75 Å². The number of nitrogen functional groups attached to an aromatic ring is 1. The van der Waals surface area contributed by atoms with Gasteiger partial charge in [0.25, 0.3) is 0 Å². The summed E-state index contributed by atoms with van der Waals surface area (Å²) in [5, 5.41) is 2.16. The summed E-state index contributed by atoms with van der Waals surface area (Å²) in [4.78, 5) is 7.85. The van der Waals surface area contributed by atoms with Crippen molar-refractivity contribution in [3.8, 4) is 11.6 Å². The molecule has 0 radical (unpaired) electrons. The number of nitrogens with zero attached hydrogens (tertiary/aromatic N) is 2. The Bertz CT molecular complexity index is 692. The number of ether oxygens (including phenoxy) is 1. The third-order valence-corrected chi connectivity index (χ3v) is 2.61. The molecule has 0 spiro atoms. The van der Waals surface area contributed by atoms with Gasteiger partial charge in [0, 0.05) is 17.6 Å². The van der Waals surface area contributed by atoms with Crippen molar-refractivity contribution >= 4 is 16.7 Å². The van der Waals surface area contributed by atoms with Crippen molar-refractivity contribution in [1.29, 1.82) is 0 Å². The van der Waals surface area contributed by atoms with E-state index < -0.39 is 0 Å². The average molecular weight is 237 g/mol. The Morgan fingerprint density at radius 2 is 1.78 bits per heavy atom. The van der Waals surface area contributed by atoms with E-state index in [1.165, 1.54) is 0 Å². The average Bonchev–Trinajstić information content (AvgIpc) is 2.39. The van der Waals surface area contributed by atoms with Crippen molar-refractivity contribution < 1.29 is 4.74 Å². The molecule has 2 aromatic carbocycles. The lowest BCUT2D eigenvalue weighted by molar-refractivity contribution is 0.468. The molecule has 0 bridgehead atoms. The molecule has 0 aliphatic carbocycles. The Morgan fingerprint density at radius 1 is 0.944 bits per heavy atom. The SMILES string of the molecule is Nc1nccc(Oc2cccc3ccccc23)n1. The van der Waals surface area contributed by atoms with Gasteiger partial charge in [-0.1, -0.05) is 36.4 Å². The van der Waals surface area contributed by atoms with E-state index in [-0.39, 0.29) is 5.95 Å². The fourth-order valence-corrected chi connectivity index (χ4v) is 1.81. The first-order valence-electron chi connectivity index (χ1n) is 5.57. The van der Waals surface area contributed by atoms with Crippen molar-refractivity contribution in [3.63, 3.8) is 0 Å². The standard InChI is InChI=1S/C14H11N3O/c15-14-16-9-8-13(17-14)18-12-7-3-5-10-4-1-2-6-11(10)12/h1-9H,(H2,15,16,17). The molecule has 1 heterocycles. The number of benzene rings is 2. The number of rotatable bonds is 2. The zero-order chi connectivity index (χ0) is 12.4. The Kier molecular flexibility index (Phi) is 2.53. The van der Waals surface area contributed by atoms with Gasteiger partial charge in [-0.2, -0.15) is 4.98 Å². The van der Waals surface area contributed by atoms with Crippen LogP contribution < -0.4 is 10.5 Å². The number of aromatic nitrogens is 2. The van der Waals surface area contributed by atoms with Gasteiger partial charge in [0.15, 0.2) is 0 Å². The van der Waals surface area contributed by atoms with Crippen LogP contribution in [0.5, 0.6) is 11.6 Å². The van der Waals surface area contributed by atoms with Gasteiger partial charge < -0.3 is 10.5 Å². The molecule has 0 fully saturated rings. The minimum absolute atomic E-state index is 0.202. The second kappa shape index (κ2) is 4.33. The maximum absolute atomic E-state index is 5.74. The number of nitrogens with two attached hydrogens (primary N) is 1. The molecule has 4 nitrogen and oxygen atoms in total. The smallest absolute Gasteiger partial charge is 0.224 e. The minimum atomic E-state index is 0.202. The van der Waals surface area contributed by atoms with Crippen LogP contribution in [0.2, 0.25) is 0 Å². The molecule has 0 saturated heterocycles. The maximum Gasteiger partial charge on any atom is 0.224 e. The van der Waals surface area contributed by atoms with Crippen molar-refractivity contribution in [2.45, 2.75) is 0 Å². The molecule has 0 amide bonds. The summed E-state index contributed by atoms with van der Waals surface area (Å²) < 4.78 is 5.74. The third-order valence-electron chi connectivity index (χ3n) is 2.61. The van der Waals surface area contributed by atoms with Gasteiger partial charge in [-0.15, -0.1) is 0 Å². The molecule has 88 valence electrons. The first-order valence-corrected chi connectivity index (χ1v) is 5.57. The lowest BCUT2D eigenvalue weighted by atomic mass is 10.1. The van der Waals surface area contributed by atoms with E-state index in [9.17, 15) is 0 Å². The van der Waals surface area contributed by atoms with Crippen LogP contribution in [0.4, 0.5) is 5.95 Å². The largest absolute Gasteiger partial charge is 0.438 e. The third kappa shape index (κ3) is 1.96. The molecule has 0 unspecified atom stereocenters. The molecule has 18 heavy (non-hydrogen) atoms. The maximum atomic E-state index is 5.74. The van der Waals surface area contributed by atoms with Gasteiger partial charge >= 0.3 is 0 Å². The zero-order valence-electron chi connectivity index (χ0n) is 9.58. The number of hydrogen-bond acceptors (Lipinski definition) is 4. The van der Waals surface area contributed by atoms with Crippen LogP contribution in [0.3, 0.4) is 0 Å². The van der Waals surface area contributed by atoms with Crippen molar-refractivity contribution in [2.75, 3.05) is 5.73 Å². The fraction of sp³-hybridized carbons (Fsp3) is 0. The Morgan fingerprint density at radius 3 is 2.67 bits per heavy atom. The van der Waals surface area contributed by atoms with Gasteiger partial charge in [-0.25, -0.2) is 4.98 Å². The molecule has 0 aliphatic rings. The summed E-state index contributed by atoms with van der Waals surface area (Å²) in [5.41, 5.74) is 5.52. The lowest BCUT2D eigenvalue weighted by Gasteiger charge is -2.07. The summed E-state index contributed by atoms with van der Waals surface area (Å²) in [6, 6.07) is 15.6. The summed E-state index contributed by atoms with van der Waals surface area (Å²) >= 11 is 0. The first kappa shape index (κ1) is 10.5. The highest BCUT2D eigenvalue weighted by Crippen LogP contribution is 2.28. The molecule has 4 heteroatoms. The molecule has 2 N–H and O–H groups in total. The van der Waals surface area contributed by atoms with E-state index in [0.717, 1.165) is 16.5 Å². The zero-order valence-corrected chi connectivity index (χ0v) is 9.58. The van der Waals surface area contributed by atoms with Gasteiger partial charge in [0.2, 0.25) is 11.8 Å². The van der Waals surface area contributed by atoms with Crippen LogP contribution in [0, 0.1) is 0 Å². The van der Waals surface area contributed by atoms with Crippen molar-refractivity contribution in [3.05, 3.63) is 54.7 Å². The summed E-state index contributed by atoms with van der Waals surface area (Å²) in [5.74, 6) is 1.40. The molecule has 0 saturated carbocycles. The molecule has 3 aromatic rings. The molecule has 0 aliphatic heterocycles. The Labute approximate surface area is 104 Å². The van der Waals surface area contributed by atoms with Crippen LogP contribution in [-0.4, -0.2) is 9.97 Å². The minimum Gasteiger partial charge on any atom is -0.438 e. The number of hydrogen-bond donors (Lipinski definition) is 1. The predicted molar refractivity (Wildman–Crippen MR) is 70.5 cm³/mol. The summed E-state index contributed by atoms with van der Waals surface area (Å²) in [6.07, 6.45) is 1.57. The highest BCUT2D eigenvalue weighted by atomic mass is 16.5. The fourth-order valence-electron chi connectivity index (χ4n) is 1.81. The van der Waals surface area contributed by atoms with E-state index in [1.807, 2.05) is 42.5 Å². The predicted octanol–water partition coefficient (Wildman–Crippen LogP) is 3.00. The number of fused-ring (bicyclic) bond motifs is 1. The van der Waals surface area contributed by atoms with E-state index in [0.29, 0.717) is 5.88 Å². The van der Waals surface area contributed by atoms with Crippen LogP contribution >= 0.6 is 0 Å². The summed E-state index contributed by atoms with van der Waals surface area (Å²) in [7, 11) is 0. The molecular formula is C14H11N3O. The highest BCUT2D eigenvalue weighted by Gasteiger charge is 2.04. The van der Waals surface area contributed by atoms with E-state index in [1.54, 1.807) is 12.3 Å². The van der Waals surface area contributed by atoms with Crippen LogP contribution in [0.1, 0.15) is 0 Å². The van der Waals surface area contributed by atoms with Crippen LogP contribution in [0.15, 0.2) is 54.7 Å². The second-order valence-electron chi connectivity index (χ2n) is 3.83. The van der Waals surface area contributed by atoms with Crippen LogP contribution in [-0.2, 0) is 0 Å². The van der Waals surface area contributed by atoms with Gasteiger partial charge in [-0.05, 0) is 11.5 Å². The van der Waals surface area contributed by atoms with E-state index in [4.69, 9.17) is 10.5 Å². The Hall–Kier alpha value is -2.62. The topological polar surface area (TPSA) is 61.0 Å². The van der Waals surface area contributed by atoms with Crippen LogP contribution in [0.25, 0.3) is 10.8 Å². The highest BCUT2D eigenvalue weighted by molar-refractivity contribution is 5.88. The van der Waals surface area contributed by atoms with Crippen molar-refractivity contribution in [1.82, 2.24) is 9.97 Å². The second-order valence-corrected chi connectivity index (χ2v) is 3.83. The molecular weight excluding hydrogens is 226 g/mol. The Balaban J connectivity index is 2.05. The number of anilines is 1. The normalized spacial score (nSPS) is 10.4. The van der Waals surface area contributed by atoms with E-state index >= 15 is 0 Å². The lowest BCUT2D eigenvalue weighted by Crippen LogP contribution is -1.96. The van der Waals surface area contributed by atoms with Crippen molar-refractivity contribution in [2.24, 2.45) is 0 Å². The quantitative estimate of drug-likeness (QED) is 0.744. The summed E-state index contributed by atoms with van der Waals surface area (Å²) in [6.45, 7) is 0.